The van der Waals surface area contributed by atoms with E-state index in [0.29, 0.717) is 0 Å². The number of carbonyl (C=O) groups excluding carboxylic acids is 4. The first-order valence-corrected chi connectivity index (χ1v) is 10.6. The van der Waals surface area contributed by atoms with Crippen LogP contribution in [0.15, 0.2) is 23.0 Å². The number of nitrogens with one attached hydrogen (secondary N) is 2. The number of nitrogens with two attached hydrogens (primary N) is 2. The first kappa shape index (κ1) is 24.3. The minimum absolute atomic E-state index is 0.160. The number of aliphatic hydroxyl groups is 3. The summed E-state index contributed by atoms with van der Waals surface area (Å²) in [4.78, 5) is 49.6. The summed E-state index contributed by atoms with van der Waals surface area (Å²) in [5.74, 6) is -10.5. The highest BCUT2D eigenvalue weighted by molar-refractivity contribution is 6.24. The van der Waals surface area contributed by atoms with Gasteiger partial charge in [-0.15, -0.1) is 0 Å². The van der Waals surface area contributed by atoms with E-state index in [-0.39, 0.29) is 30.6 Å². The van der Waals surface area contributed by atoms with E-state index in [1.165, 1.54) is 7.05 Å². The molecule has 0 saturated heterocycles. The largest absolute Gasteiger partial charge is 0.508 e. The van der Waals surface area contributed by atoms with E-state index in [1.54, 1.807) is 0 Å². The zero-order valence-electron chi connectivity index (χ0n) is 18.4. The maximum atomic E-state index is 15.0. The molecular weight excluding hydrogens is 467 g/mol. The fourth-order valence-electron chi connectivity index (χ4n) is 5.19. The molecule has 3 aliphatic rings. The van der Waals surface area contributed by atoms with E-state index < -0.39 is 86.7 Å². The predicted molar refractivity (Wildman–Crippen MR) is 117 cm³/mol. The molecule has 186 valence electrons. The first-order valence-electron chi connectivity index (χ1n) is 10.6. The zero-order valence-corrected chi connectivity index (χ0v) is 18.4. The molecule has 0 aliphatic heterocycles. The molecule has 0 radical (unpaired) electrons. The molecule has 1 fully saturated rings. The Balaban J connectivity index is 1.90. The summed E-state index contributed by atoms with van der Waals surface area (Å²) >= 11 is 0. The number of phenols is 1. The number of aromatic hydroxyl groups is 1. The van der Waals surface area contributed by atoms with Gasteiger partial charge in [0.05, 0.1) is 23.8 Å². The SMILES string of the molecule is CNCC(=O)Nc1cc(F)c2c(c1O)C(O)=C1C(=O)[C@]3(O)C(O)=C(C(N)=O)C(=O)[C@@H](N)[C@@H]3C[C@@H]1C2. The highest BCUT2D eigenvalue weighted by atomic mass is 19.1. The van der Waals surface area contributed by atoms with Gasteiger partial charge in [0.2, 0.25) is 11.7 Å². The number of phenolic OH excluding ortho intramolecular Hbond substituents is 1. The van der Waals surface area contributed by atoms with Crippen molar-refractivity contribution in [3.63, 3.8) is 0 Å². The summed E-state index contributed by atoms with van der Waals surface area (Å²) in [5, 5.41) is 48.4. The van der Waals surface area contributed by atoms with Crippen LogP contribution in [0, 0.1) is 17.7 Å². The molecule has 2 amide bonds. The van der Waals surface area contributed by atoms with Gasteiger partial charge in [-0.25, -0.2) is 4.39 Å². The third-order valence-electron chi connectivity index (χ3n) is 6.81. The van der Waals surface area contributed by atoms with Crippen molar-refractivity contribution >= 4 is 34.8 Å². The Labute approximate surface area is 197 Å². The Morgan fingerprint density at radius 3 is 2.51 bits per heavy atom. The van der Waals surface area contributed by atoms with Crippen LogP contribution < -0.4 is 22.1 Å². The Kier molecular flexibility index (Phi) is 5.66. The number of hydrogen-bond donors (Lipinski definition) is 8. The smallest absolute Gasteiger partial charge is 0.255 e. The molecule has 1 aromatic rings. The van der Waals surface area contributed by atoms with E-state index >= 15 is 4.39 Å². The number of carbonyl (C=O) groups is 4. The van der Waals surface area contributed by atoms with Gasteiger partial charge in [-0.2, -0.15) is 0 Å². The van der Waals surface area contributed by atoms with Gasteiger partial charge < -0.3 is 42.5 Å². The molecule has 3 aliphatic carbocycles. The standard InChI is InChI=1S/C22H23FN4O8/c1-26-5-11(28)27-10-4-9(23)7-2-6-3-8-15(24)18(31)14(21(25)34)20(33)22(8,35)19(32)12(6)17(30)13(7)16(10)29/h4,6,8,15,26,29-30,33,35H,2-3,5,24H2,1H3,(H2,25,34)(H,27,28)/t6-,8-,15-,22-/m0/s1. The Morgan fingerprint density at radius 2 is 1.91 bits per heavy atom. The fourth-order valence-corrected chi connectivity index (χ4v) is 5.19. The number of hydrogen-bond acceptors (Lipinski definition) is 10. The van der Waals surface area contributed by atoms with Crippen LogP contribution in [0.3, 0.4) is 0 Å². The monoisotopic (exact) mass is 490 g/mol. The number of rotatable bonds is 4. The van der Waals surface area contributed by atoms with Gasteiger partial charge in [0, 0.05) is 23.1 Å². The summed E-state index contributed by atoms with van der Waals surface area (Å²) in [6, 6.07) is -0.722. The number of likely N-dealkylation sites (N-methyl/N-ethyl adjacent to an activating group) is 1. The van der Waals surface area contributed by atoms with Gasteiger partial charge in [0.1, 0.15) is 22.9 Å². The third kappa shape index (κ3) is 3.31. The van der Waals surface area contributed by atoms with E-state index in [0.717, 1.165) is 6.07 Å². The van der Waals surface area contributed by atoms with Crippen molar-refractivity contribution in [2.45, 2.75) is 24.5 Å². The van der Waals surface area contributed by atoms with Crippen molar-refractivity contribution in [1.82, 2.24) is 5.32 Å². The number of ketones is 2. The van der Waals surface area contributed by atoms with Crippen molar-refractivity contribution in [2.75, 3.05) is 18.9 Å². The second-order valence-electron chi connectivity index (χ2n) is 8.77. The van der Waals surface area contributed by atoms with Crippen LogP contribution in [0.4, 0.5) is 10.1 Å². The normalized spacial score (nSPS) is 27.8. The summed E-state index contributed by atoms with van der Waals surface area (Å²) < 4.78 is 15.0. The van der Waals surface area contributed by atoms with Crippen LogP contribution in [0.25, 0.3) is 5.76 Å². The van der Waals surface area contributed by atoms with Crippen molar-refractivity contribution in [1.29, 1.82) is 0 Å². The number of anilines is 1. The van der Waals surface area contributed by atoms with E-state index in [2.05, 4.69) is 10.6 Å². The fraction of sp³-hybridized carbons (Fsp3) is 0.364. The molecule has 10 N–H and O–H groups in total. The number of Topliss-reactive ketones (excluding diaryl/α,β-unsaturated/α-hetero) is 2. The Morgan fingerprint density at radius 1 is 1.26 bits per heavy atom. The average Bonchev–Trinajstić information content (AvgIpc) is 2.77. The number of primary amides is 1. The maximum Gasteiger partial charge on any atom is 0.255 e. The molecule has 0 unspecified atom stereocenters. The highest BCUT2D eigenvalue weighted by Crippen LogP contribution is 2.52. The molecule has 0 bridgehead atoms. The topological polar surface area (TPSA) is 225 Å². The molecule has 1 aromatic carbocycles. The van der Waals surface area contributed by atoms with Crippen molar-refractivity contribution < 1.29 is 44.0 Å². The minimum atomic E-state index is -2.86. The Bertz CT molecular complexity index is 1270. The van der Waals surface area contributed by atoms with Crippen LogP contribution in [-0.4, -0.2) is 69.0 Å². The zero-order chi connectivity index (χ0) is 26.0. The molecule has 4 rings (SSSR count). The van der Waals surface area contributed by atoms with E-state index in [9.17, 15) is 39.6 Å². The van der Waals surface area contributed by atoms with Crippen molar-refractivity contribution in [2.24, 2.45) is 23.3 Å². The highest BCUT2D eigenvalue weighted by Gasteiger charge is 2.63. The number of halogens is 1. The molecular formula is C22H23FN4O8. The van der Waals surface area contributed by atoms with E-state index in [1.807, 2.05) is 0 Å². The molecule has 35 heavy (non-hydrogen) atoms. The summed E-state index contributed by atoms with van der Waals surface area (Å²) in [6.07, 6.45) is -0.476. The first-order chi connectivity index (χ1) is 16.4. The van der Waals surface area contributed by atoms with Crippen molar-refractivity contribution in [3.05, 3.63) is 39.9 Å². The van der Waals surface area contributed by atoms with Crippen LogP contribution in [0.1, 0.15) is 17.5 Å². The predicted octanol–water partition coefficient (Wildman–Crippen LogP) is -1.34. The summed E-state index contributed by atoms with van der Waals surface area (Å²) in [5.41, 5.74) is 5.72. The maximum absolute atomic E-state index is 15.0. The number of amides is 2. The van der Waals surface area contributed by atoms with Crippen LogP contribution >= 0.6 is 0 Å². The summed E-state index contributed by atoms with van der Waals surface area (Å²) in [6.45, 7) is -0.160. The molecule has 0 heterocycles. The van der Waals surface area contributed by atoms with Crippen LogP contribution in [0.5, 0.6) is 5.75 Å². The lowest BCUT2D eigenvalue weighted by Gasteiger charge is -2.48. The van der Waals surface area contributed by atoms with Gasteiger partial charge in [-0.3, -0.25) is 19.2 Å². The van der Waals surface area contributed by atoms with Gasteiger partial charge in [-0.05, 0) is 25.8 Å². The second kappa shape index (κ2) is 8.15. The third-order valence-corrected chi connectivity index (χ3v) is 6.81. The van der Waals surface area contributed by atoms with Gasteiger partial charge in [-0.1, -0.05) is 0 Å². The lowest BCUT2D eigenvalue weighted by atomic mass is 9.58. The van der Waals surface area contributed by atoms with Crippen molar-refractivity contribution in [3.8, 4) is 5.75 Å². The quantitative estimate of drug-likeness (QED) is 0.183. The van der Waals surface area contributed by atoms with Gasteiger partial charge >= 0.3 is 0 Å². The van der Waals surface area contributed by atoms with Crippen LogP contribution in [0.2, 0.25) is 0 Å². The molecule has 0 aromatic heterocycles. The lowest BCUT2D eigenvalue weighted by Crippen LogP contribution is -2.65. The molecule has 13 heteroatoms. The number of fused-ring (bicyclic) bond motifs is 3. The van der Waals surface area contributed by atoms with Gasteiger partial charge in [0.25, 0.3) is 5.91 Å². The second-order valence-corrected chi connectivity index (χ2v) is 8.77. The molecule has 4 atom stereocenters. The minimum Gasteiger partial charge on any atom is -0.508 e. The molecule has 1 saturated carbocycles. The lowest BCUT2D eigenvalue weighted by molar-refractivity contribution is -0.149. The van der Waals surface area contributed by atoms with E-state index in [4.69, 9.17) is 11.5 Å². The summed E-state index contributed by atoms with van der Waals surface area (Å²) in [7, 11) is 1.49. The van der Waals surface area contributed by atoms with Gasteiger partial charge in [0.15, 0.2) is 17.1 Å². The number of benzene rings is 1. The van der Waals surface area contributed by atoms with Crippen LogP contribution in [-0.2, 0) is 25.6 Å². The Hall–Kier alpha value is -3.81. The molecule has 12 nitrogen and oxygen atoms in total. The molecule has 0 spiro atoms. The average molecular weight is 490 g/mol. The number of aliphatic hydroxyl groups excluding tert-OH is 2.